The predicted molar refractivity (Wildman–Crippen MR) is 86.4 cm³/mol. The zero-order chi connectivity index (χ0) is 15.8. The summed E-state index contributed by atoms with van der Waals surface area (Å²) in [7, 11) is 0. The Balaban J connectivity index is 0.000000211. The Bertz CT molecular complexity index is 550. The summed E-state index contributed by atoms with van der Waals surface area (Å²) in [6.45, 7) is 12.5. The average molecular weight is 286 g/mol. The minimum absolute atomic E-state index is 0.502. The van der Waals surface area contributed by atoms with Crippen molar-refractivity contribution >= 4 is 0 Å². The summed E-state index contributed by atoms with van der Waals surface area (Å²) >= 11 is 0. The third-order valence-corrected chi connectivity index (χ3v) is 3.02. The van der Waals surface area contributed by atoms with Gasteiger partial charge >= 0.3 is 0 Å². The lowest BCUT2D eigenvalue weighted by Crippen LogP contribution is -1.98. The van der Waals surface area contributed by atoms with E-state index in [0.717, 1.165) is 29.5 Å². The largest absolute Gasteiger partial charge is 0.242 e. The number of nitrogens with zero attached hydrogens (tertiary/aromatic N) is 4. The first kappa shape index (κ1) is 17.2. The van der Waals surface area contributed by atoms with E-state index in [2.05, 4.69) is 54.6 Å². The quantitative estimate of drug-likeness (QED) is 0.853. The molecule has 0 atom stereocenters. The minimum Gasteiger partial charge on any atom is -0.242 e. The molecule has 4 nitrogen and oxygen atoms in total. The molecular formula is C17H26N4. The van der Waals surface area contributed by atoms with Crippen molar-refractivity contribution in [2.45, 2.75) is 59.8 Å². The van der Waals surface area contributed by atoms with Crippen molar-refractivity contribution < 1.29 is 0 Å². The Morgan fingerprint density at radius 1 is 0.857 bits per heavy atom. The van der Waals surface area contributed by atoms with Gasteiger partial charge in [0.25, 0.3) is 0 Å². The molecule has 0 N–H and O–H groups in total. The Morgan fingerprint density at radius 2 is 1.38 bits per heavy atom. The molecule has 0 saturated carbocycles. The maximum absolute atomic E-state index is 4.38. The van der Waals surface area contributed by atoms with Crippen molar-refractivity contribution in [2.75, 3.05) is 0 Å². The van der Waals surface area contributed by atoms with E-state index < -0.39 is 0 Å². The highest BCUT2D eigenvalue weighted by Crippen LogP contribution is 2.10. The fourth-order valence-corrected chi connectivity index (χ4v) is 1.70. The SMILES string of the molecule is CCc1nccc(C(C)C)n1.Cc1nccc(C(C)C)n1. The van der Waals surface area contributed by atoms with Gasteiger partial charge in [0.2, 0.25) is 0 Å². The molecule has 21 heavy (non-hydrogen) atoms. The molecule has 0 unspecified atom stereocenters. The Kier molecular flexibility index (Phi) is 6.92. The summed E-state index contributed by atoms with van der Waals surface area (Å²) in [5, 5.41) is 0. The molecule has 0 aliphatic heterocycles. The smallest absolute Gasteiger partial charge is 0.128 e. The second kappa shape index (κ2) is 8.45. The van der Waals surface area contributed by atoms with Crippen LogP contribution in [0.15, 0.2) is 24.5 Å². The van der Waals surface area contributed by atoms with Gasteiger partial charge in [-0.25, -0.2) is 19.9 Å². The lowest BCUT2D eigenvalue weighted by molar-refractivity contribution is 0.786. The van der Waals surface area contributed by atoms with Gasteiger partial charge in [-0.1, -0.05) is 34.6 Å². The van der Waals surface area contributed by atoms with Crippen LogP contribution in [0.2, 0.25) is 0 Å². The third-order valence-electron chi connectivity index (χ3n) is 3.02. The molecule has 2 rings (SSSR count). The Hall–Kier alpha value is -1.84. The van der Waals surface area contributed by atoms with E-state index in [1.165, 1.54) is 0 Å². The van der Waals surface area contributed by atoms with Crippen LogP contribution in [0.1, 0.15) is 69.5 Å². The van der Waals surface area contributed by atoms with Gasteiger partial charge in [0.05, 0.1) is 0 Å². The van der Waals surface area contributed by atoms with Crippen molar-refractivity contribution in [3.8, 4) is 0 Å². The van der Waals surface area contributed by atoms with E-state index in [1.54, 1.807) is 6.20 Å². The van der Waals surface area contributed by atoms with Crippen LogP contribution in [0.4, 0.5) is 0 Å². The monoisotopic (exact) mass is 286 g/mol. The second-order valence-electron chi connectivity index (χ2n) is 5.59. The van der Waals surface area contributed by atoms with E-state index in [1.807, 2.05) is 25.3 Å². The van der Waals surface area contributed by atoms with Gasteiger partial charge < -0.3 is 0 Å². The van der Waals surface area contributed by atoms with E-state index in [0.29, 0.717) is 11.8 Å². The van der Waals surface area contributed by atoms with Crippen LogP contribution in [0.5, 0.6) is 0 Å². The summed E-state index contributed by atoms with van der Waals surface area (Å²) in [6.07, 6.45) is 4.55. The topological polar surface area (TPSA) is 51.6 Å². The molecule has 0 aliphatic rings. The molecular weight excluding hydrogens is 260 g/mol. The second-order valence-corrected chi connectivity index (χ2v) is 5.59. The van der Waals surface area contributed by atoms with Crippen LogP contribution in [0, 0.1) is 6.92 Å². The molecule has 0 aliphatic carbocycles. The fourth-order valence-electron chi connectivity index (χ4n) is 1.70. The molecule has 114 valence electrons. The van der Waals surface area contributed by atoms with Crippen molar-refractivity contribution in [3.05, 3.63) is 47.6 Å². The minimum atomic E-state index is 0.502. The zero-order valence-corrected chi connectivity index (χ0v) is 14.0. The number of aryl methyl sites for hydroxylation is 2. The Labute approximate surface area is 128 Å². The summed E-state index contributed by atoms with van der Waals surface area (Å²) in [5.74, 6) is 2.80. The van der Waals surface area contributed by atoms with Gasteiger partial charge in [-0.3, -0.25) is 0 Å². The summed E-state index contributed by atoms with van der Waals surface area (Å²) in [4.78, 5) is 16.8. The van der Waals surface area contributed by atoms with E-state index >= 15 is 0 Å². The number of rotatable bonds is 3. The van der Waals surface area contributed by atoms with Crippen molar-refractivity contribution in [2.24, 2.45) is 0 Å². The van der Waals surface area contributed by atoms with Crippen molar-refractivity contribution in [1.29, 1.82) is 0 Å². The molecule has 0 bridgehead atoms. The normalized spacial score (nSPS) is 10.5. The highest BCUT2D eigenvalue weighted by atomic mass is 14.9. The van der Waals surface area contributed by atoms with Crippen LogP contribution >= 0.6 is 0 Å². The van der Waals surface area contributed by atoms with Crippen molar-refractivity contribution in [1.82, 2.24) is 19.9 Å². The zero-order valence-electron chi connectivity index (χ0n) is 14.0. The molecule has 0 amide bonds. The van der Waals surface area contributed by atoms with Gasteiger partial charge in [-0.2, -0.15) is 0 Å². The number of hydrogen-bond acceptors (Lipinski definition) is 4. The molecule has 0 radical (unpaired) electrons. The first-order chi connectivity index (χ1) is 9.93. The van der Waals surface area contributed by atoms with Crippen LogP contribution < -0.4 is 0 Å². The predicted octanol–water partition coefficient (Wildman–Crippen LogP) is 4.07. The fraction of sp³-hybridized carbons (Fsp3) is 0.529. The highest BCUT2D eigenvalue weighted by molar-refractivity contribution is 5.06. The van der Waals surface area contributed by atoms with Crippen LogP contribution in [0.3, 0.4) is 0 Å². The first-order valence-corrected chi connectivity index (χ1v) is 7.55. The van der Waals surface area contributed by atoms with Gasteiger partial charge in [-0.15, -0.1) is 0 Å². The van der Waals surface area contributed by atoms with E-state index in [-0.39, 0.29) is 0 Å². The van der Waals surface area contributed by atoms with Crippen LogP contribution in [0.25, 0.3) is 0 Å². The molecule has 0 spiro atoms. The van der Waals surface area contributed by atoms with Crippen molar-refractivity contribution in [3.63, 3.8) is 0 Å². The number of aromatic nitrogens is 4. The van der Waals surface area contributed by atoms with Gasteiger partial charge in [0, 0.05) is 30.2 Å². The molecule has 4 heteroatoms. The standard InChI is InChI=1S/C9H14N2.C8H12N2/c1-4-9-10-6-5-8(11-9)7(2)3;1-6(2)8-4-5-9-7(3)10-8/h5-7H,4H2,1-3H3;4-6H,1-3H3. The summed E-state index contributed by atoms with van der Waals surface area (Å²) < 4.78 is 0. The van der Waals surface area contributed by atoms with E-state index in [4.69, 9.17) is 0 Å². The van der Waals surface area contributed by atoms with Gasteiger partial charge in [0.1, 0.15) is 11.6 Å². The van der Waals surface area contributed by atoms with Gasteiger partial charge in [0.15, 0.2) is 0 Å². The maximum atomic E-state index is 4.38. The van der Waals surface area contributed by atoms with Gasteiger partial charge in [-0.05, 0) is 30.9 Å². The molecule has 2 aromatic heterocycles. The van der Waals surface area contributed by atoms with E-state index in [9.17, 15) is 0 Å². The molecule has 2 aromatic rings. The lowest BCUT2D eigenvalue weighted by Gasteiger charge is -2.03. The number of hydrogen-bond donors (Lipinski definition) is 0. The third kappa shape index (κ3) is 5.98. The van der Waals surface area contributed by atoms with Crippen LogP contribution in [-0.2, 0) is 6.42 Å². The molecule has 0 aromatic carbocycles. The first-order valence-electron chi connectivity index (χ1n) is 7.55. The summed E-state index contributed by atoms with van der Waals surface area (Å²) in [5.41, 5.74) is 2.25. The molecule has 2 heterocycles. The summed E-state index contributed by atoms with van der Waals surface area (Å²) in [6, 6.07) is 3.93. The molecule has 0 fully saturated rings. The highest BCUT2D eigenvalue weighted by Gasteiger charge is 2.00. The lowest BCUT2D eigenvalue weighted by atomic mass is 10.1. The Morgan fingerprint density at radius 3 is 1.81 bits per heavy atom. The average Bonchev–Trinajstić information content (AvgIpc) is 2.48. The van der Waals surface area contributed by atoms with Crippen LogP contribution in [-0.4, -0.2) is 19.9 Å². The molecule has 0 saturated heterocycles. The maximum Gasteiger partial charge on any atom is 0.128 e.